The molecule has 1 N–H and O–H groups in total. The highest BCUT2D eigenvalue weighted by molar-refractivity contribution is 5.77. The molecule has 4 heteroatoms. The van der Waals surface area contributed by atoms with E-state index in [0.29, 0.717) is 5.52 Å². The van der Waals surface area contributed by atoms with E-state index in [1.807, 2.05) is 12.1 Å². The molecule has 1 aliphatic carbocycles. The van der Waals surface area contributed by atoms with Gasteiger partial charge in [0.1, 0.15) is 0 Å². The molecule has 0 spiro atoms. The summed E-state index contributed by atoms with van der Waals surface area (Å²) in [6.45, 7) is 5.53. The third-order valence-electron chi connectivity index (χ3n) is 4.29. The van der Waals surface area contributed by atoms with Crippen LogP contribution in [0.25, 0.3) is 11.0 Å². The second-order valence-electron chi connectivity index (χ2n) is 6.33. The van der Waals surface area contributed by atoms with Crippen LogP contribution in [-0.2, 0) is 11.1 Å². The Kier molecular flexibility index (Phi) is 2.52. The van der Waals surface area contributed by atoms with Crippen LogP contribution in [-0.4, -0.2) is 14.7 Å². The van der Waals surface area contributed by atoms with Crippen molar-refractivity contribution in [2.75, 3.05) is 0 Å². The van der Waals surface area contributed by atoms with Crippen molar-refractivity contribution in [2.24, 2.45) is 0 Å². The fourth-order valence-corrected chi connectivity index (χ4v) is 2.85. The van der Waals surface area contributed by atoms with E-state index in [-0.39, 0.29) is 5.54 Å². The predicted molar refractivity (Wildman–Crippen MR) is 72.4 cm³/mol. The van der Waals surface area contributed by atoms with Crippen LogP contribution in [0.15, 0.2) is 18.2 Å². The summed E-state index contributed by atoms with van der Waals surface area (Å²) < 4.78 is 15.8. The zero-order chi connectivity index (χ0) is 13.8. The Balaban J connectivity index is 2.23. The summed E-state index contributed by atoms with van der Waals surface area (Å²) in [5, 5.41) is 10.1. The topological polar surface area (TPSA) is 38.1 Å². The summed E-state index contributed by atoms with van der Waals surface area (Å²) in [5.41, 5.74) is 1.11. The average Bonchev–Trinajstić information content (AvgIpc) is 2.60. The standard InChI is InChI=1S/C15H19FN2O/c1-14(2,19)10-5-6-11-12(9-10)18(13(16)17-11)15(3)7-4-8-15/h5-6,9,19H,4,7-8H2,1-3H3. The summed E-state index contributed by atoms with van der Waals surface area (Å²) in [4.78, 5) is 4.00. The largest absolute Gasteiger partial charge is 0.386 e. The molecule has 0 atom stereocenters. The lowest BCUT2D eigenvalue weighted by Crippen LogP contribution is -2.38. The Hall–Kier alpha value is -1.42. The van der Waals surface area contributed by atoms with Gasteiger partial charge in [0.25, 0.3) is 6.08 Å². The van der Waals surface area contributed by atoms with Gasteiger partial charge in [-0.25, -0.2) is 4.98 Å². The van der Waals surface area contributed by atoms with Crippen molar-refractivity contribution in [3.8, 4) is 0 Å². The van der Waals surface area contributed by atoms with E-state index in [9.17, 15) is 9.50 Å². The number of imidazole rings is 1. The molecule has 1 aromatic carbocycles. The van der Waals surface area contributed by atoms with E-state index in [0.717, 1.165) is 30.3 Å². The smallest absolute Gasteiger partial charge is 0.290 e. The van der Waals surface area contributed by atoms with Gasteiger partial charge in [-0.05, 0) is 57.7 Å². The number of fused-ring (bicyclic) bond motifs is 1. The van der Waals surface area contributed by atoms with Gasteiger partial charge in [-0.3, -0.25) is 4.57 Å². The highest BCUT2D eigenvalue weighted by Gasteiger charge is 2.37. The molecule has 1 saturated carbocycles. The molecule has 3 rings (SSSR count). The lowest BCUT2D eigenvalue weighted by atomic mass is 9.78. The van der Waals surface area contributed by atoms with Crippen molar-refractivity contribution >= 4 is 11.0 Å². The van der Waals surface area contributed by atoms with Gasteiger partial charge in [0.15, 0.2) is 0 Å². The Labute approximate surface area is 112 Å². The molecule has 102 valence electrons. The van der Waals surface area contributed by atoms with Crippen LogP contribution in [0.3, 0.4) is 0 Å². The maximum Gasteiger partial charge on any atom is 0.290 e. The molecule has 0 bridgehead atoms. The first-order valence-electron chi connectivity index (χ1n) is 6.73. The van der Waals surface area contributed by atoms with Crippen LogP contribution in [0, 0.1) is 6.08 Å². The third-order valence-corrected chi connectivity index (χ3v) is 4.29. The van der Waals surface area contributed by atoms with Crippen molar-refractivity contribution in [2.45, 2.75) is 51.2 Å². The third kappa shape index (κ3) is 1.86. The summed E-state index contributed by atoms with van der Waals surface area (Å²) in [6, 6.07) is 5.45. The molecular weight excluding hydrogens is 243 g/mol. The van der Waals surface area contributed by atoms with Crippen molar-refractivity contribution in [3.63, 3.8) is 0 Å². The van der Waals surface area contributed by atoms with Gasteiger partial charge in [-0.15, -0.1) is 0 Å². The van der Waals surface area contributed by atoms with Crippen LogP contribution < -0.4 is 0 Å². The van der Waals surface area contributed by atoms with Gasteiger partial charge >= 0.3 is 0 Å². The quantitative estimate of drug-likeness (QED) is 0.901. The Bertz CT molecular complexity index is 635. The monoisotopic (exact) mass is 262 g/mol. The number of benzene rings is 1. The zero-order valence-electron chi connectivity index (χ0n) is 11.6. The molecule has 1 heterocycles. The maximum absolute atomic E-state index is 14.1. The lowest BCUT2D eigenvalue weighted by Gasteiger charge is -2.40. The van der Waals surface area contributed by atoms with Crippen LogP contribution in [0.1, 0.15) is 45.6 Å². The molecule has 19 heavy (non-hydrogen) atoms. The number of aromatic nitrogens is 2. The second kappa shape index (κ2) is 3.79. The molecule has 0 radical (unpaired) electrons. The van der Waals surface area contributed by atoms with E-state index >= 15 is 0 Å². The molecule has 3 nitrogen and oxygen atoms in total. The molecule has 2 aromatic rings. The minimum Gasteiger partial charge on any atom is -0.386 e. The second-order valence-corrected chi connectivity index (χ2v) is 6.33. The van der Waals surface area contributed by atoms with E-state index in [2.05, 4.69) is 11.9 Å². The zero-order valence-corrected chi connectivity index (χ0v) is 11.6. The fourth-order valence-electron chi connectivity index (χ4n) is 2.85. The summed E-state index contributed by atoms with van der Waals surface area (Å²) in [5.74, 6) is 0. The number of hydrogen-bond acceptors (Lipinski definition) is 2. The van der Waals surface area contributed by atoms with Gasteiger partial charge in [-0.1, -0.05) is 6.07 Å². The van der Waals surface area contributed by atoms with Gasteiger partial charge < -0.3 is 5.11 Å². The van der Waals surface area contributed by atoms with Crippen molar-refractivity contribution in [1.82, 2.24) is 9.55 Å². The number of nitrogens with zero attached hydrogens (tertiary/aromatic N) is 2. The number of hydrogen-bond donors (Lipinski definition) is 1. The summed E-state index contributed by atoms with van der Waals surface area (Å²) in [7, 11) is 0. The molecule has 0 unspecified atom stereocenters. The molecule has 0 amide bonds. The van der Waals surface area contributed by atoms with Crippen LogP contribution in [0.2, 0.25) is 0 Å². The summed E-state index contributed by atoms with van der Waals surface area (Å²) >= 11 is 0. The van der Waals surface area contributed by atoms with E-state index in [4.69, 9.17) is 0 Å². The fraction of sp³-hybridized carbons (Fsp3) is 0.533. The minimum atomic E-state index is -0.930. The predicted octanol–water partition coefficient (Wildman–Crippen LogP) is 3.30. The number of rotatable bonds is 2. The molecule has 0 aliphatic heterocycles. The van der Waals surface area contributed by atoms with Crippen molar-refractivity contribution < 1.29 is 9.50 Å². The van der Waals surface area contributed by atoms with Gasteiger partial charge in [0.2, 0.25) is 0 Å². The number of aliphatic hydroxyl groups is 1. The molecular formula is C15H19FN2O. The van der Waals surface area contributed by atoms with E-state index in [1.54, 1.807) is 24.5 Å². The molecule has 1 fully saturated rings. The maximum atomic E-state index is 14.1. The Morgan fingerprint density at radius 2 is 2.05 bits per heavy atom. The Morgan fingerprint density at radius 1 is 1.37 bits per heavy atom. The first-order valence-corrected chi connectivity index (χ1v) is 6.73. The normalized spacial score (nSPS) is 18.6. The van der Waals surface area contributed by atoms with E-state index < -0.39 is 11.7 Å². The molecule has 1 aromatic heterocycles. The molecule has 1 aliphatic rings. The Morgan fingerprint density at radius 3 is 2.58 bits per heavy atom. The van der Waals surface area contributed by atoms with Gasteiger partial charge in [0.05, 0.1) is 16.6 Å². The first-order chi connectivity index (χ1) is 8.81. The average molecular weight is 262 g/mol. The van der Waals surface area contributed by atoms with Crippen molar-refractivity contribution in [3.05, 3.63) is 29.8 Å². The van der Waals surface area contributed by atoms with Crippen LogP contribution >= 0.6 is 0 Å². The van der Waals surface area contributed by atoms with E-state index in [1.165, 1.54) is 0 Å². The number of halogens is 1. The highest BCUT2D eigenvalue weighted by atomic mass is 19.1. The van der Waals surface area contributed by atoms with Gasteiger partial charge in [-0.2, -0.15) is 4.39 Å². The van der Waals surface area contributed by atoms with Crippen molar-refractivity contribution in [1.29, 1.82) is 0 Å². The highest BCUT2D eigenvalue weighted by Crippen LogP contribution is 2.41. The van der Waals surface area contributed by atoms with Crippen LogP contribution in [0.4, 0.5) is 4.39 Å². The first kappa shape index (κ1) is 12.6. The lowest BCUT2D eigenvalue weighted by molar-refractivity contribution is 0.0786. The summed E-state index contributed by atoms with van der Waals surface area (Å²) in [6.07, 6.45) is 2.65. The SMILES string of the molecule is CC(C)(O)c1ccc2nc(F)n(C3(C)CCC3)c2c1. The van der Waals surface area contributed by atoms with Gasteiger partial charge in [0, 0.05) is 5.54 Å². The molecule has 0 saturated heterocycles. The van der Waals surface area contributed by atoms with Crippen LogP contribution in [0.5, 0.6) is 0 Å². The minimum absolute atomic E-state index is 0.170.